The summed E-state index contributed by atoms with van der Waals surface area (Å²) in [5.41, 5.74) is -11.2. The van der Waals surface area contributed by atoms with E-state index in [2.05, 4.69) is 8.37 Å². The predicted molar refractivity (Wildman–Crippen MR) is 93.6 cm³/mol. The maximum Gasteiger partial charge on any atom is 0.534 e. The second kappa shape index (κ2) is 12.0. The van der Waals surface area contributed by atoms with Gasteiger partial charge in [-0.15, -0.1) is 23.2 Å². The fourth-order valence-electron chi connectivity index (χ4n) is 1.34. The van der Waals surface area contributed by atoms with Crippen LogP contribution in [0.4, 0.5) is 26.3 Å². The lowest BCUT2D eigenvalue weighted by Gasteiger charge is -2.08. The Labute approximate surface area is 209 Å². The Bertz CT molecular complexity index is 970. The minimum Gasteiger partial charge on any atom is -0.375 e. The number of rotatable bonds is 10. The molecule has 0 saturated carbocycles. The van der Waals surface area contributed by atoms with E-state index in [4.69, 9.17) is 23.2 Å². The van der Waals surface area contributed by atoms with Crippen molar-refractivity contribution in [3.8, 4) is 0 Å². The Balaban J connectivity index is 2.84. The van der Waals surface area contributed by atoms with Crippen LogP contribution in [0.5, 0.6) is 0 Å². The highest BCUT2D eigenvalue weighted by atomic mass is 127. The van der Waals surface area contributed by atoms with Crippen molar-refractivity contribution < 1.29 is 94.0 Å². The van der Waals surface area contributed by atoms with Gasteiger partial charge in [0.1, 0.15) is 0 Å². The molecule has 0 fully saturated rings. The van der Waals surface area contributed by atoms with Gasteiger partial charge in [0, 0.05) is 0 Å². The molecule has 1 aromatic carbocycles. The van der Waals surface area contributed by atoms with Crippen LogP contribution in [-0.4, -0.2) is 39.6 Å². The van der Waals surface area contributed by atoms with Crippen molar-refractivity contribution in [2.45, 2.75) is 11.0 Å². The molecule has 0 spiro atoms. The Morgan fingerprint density at radius 3 is 1.25 bits per heavy atom. The second-order valence-corrected chi connectivity index (χ2v) is 13.6. The summed E-state index contributed by atoms with van der Waals surface area (Å²) in [6.45, 7) is 0. The molecule has 0 aromatic heterocycles. The van der Waals surface area contributed by atoms with Crippen molar-refractivity contribution in [2.75, 3.05) is 11.8 Å². The molecule has 18 heteroatoms. The number of hydrogen-bond donors (Lipinski definition) is 0. The summed E-state index contributed by atoms with van der Waals surface area (Å²) in [6.07, 6.45) is 0. The van der Waals surface area contributed by atoms with Crippen LogP contribution < -0.4 is 42.4 Å². The largest absolute Gasteiger partial charge is 0.534 e. The topological polar surface area (TPSA) is 86.7 Å². The molecule has 6 nitrogen and oxygen atoms in total. The van der Waals surface area contributed by atoms with Gasteiger partial charge < -0.3 is 8.37 Å². The van der Waals surface area contributed by atoms with Crippen molar-refractivity contribution in [1.82, 2.24) is 0 Å². The van der Waals surface area contributed by atoms with Crippen LogP contribution in [0, 0.1) is 7.14 Å². The van der Waals surface area contributed by atoms with E-state index in [0.717, 1.165) is 8.17 Å². The van der Waals surface area contributed by atoms with E-state index < -0.39 is 96.9 Å². The van der Waals surface area contributed by atoms with E-state index >= 15 is 0 Å². The van der Waals surface area contributed by atoms with Gasteiger partial charge in [-0.3, -0.25) is 0 Å². The lowest BCUT2D eigenvalue weighted by atomic mass is 10.4. The van der Waals surface area contributed by atoms with Gasteiger partial charge in [0.15, 0.2) is 26.8 Å². The number of hydrogen-bond acceptors (Lipinski definition) is 6. The van der Waals surface area contributed by atoms with Crippen LogP contribution in [-0.2, 0) is 28.6 Å². The van der Waals surface area contributed by atoms with Crippen LogP contribution in [0.15, 0.2) is 43.9 Å². The minimum absolute atomic E-state index is 0.578. The summed E-state index contributed by atoms with van der Waals surface area (Å²) >= 11 is 8.58. The average Bonchev–Trinajstić information content (AvgIpc) is 2.67. The first-order valence-electron chi connectivity index (χ1n) is 7.41. The van der Waals surface area contributed by atoms with E-state index in [0.29, 0.717) is 7.14 Å². The third-order valence-electron chi connectivity index (χ3n) is 2.67. The highest BCUT2D eigenvalue weighted by Gasteiger charge is 2.49. The Morgan fingerprint density at radius 2 is 1.03 bits per heavy atom. The zero-order valence-corrected chi connectivity index (χ0v) is 22.4. The zero-order valence-electron chi connectivity index (χ0n) is 14.9. The van der Waals surface area contributed by atoms with Crippen LogP contribution in [0.1, 0.15) is 0 Å². The van der Waals surface area contributed by atoms with E-state index in [9.17, 15) is 43.2 Å². The number of alkyl halides is 8. The fourth-order valence-corrected chi connectivity index (χ4v) is 7.22. The van der Waals surface area contributed by atoms with Crippen molar-refractivity contribution in [2.24, 2.45) is 0 Å². The van der Waals surface area contributed by atoms with Gasteiger partial charge in [-0.1, -0.05) is 0 Å². The summed E-state index contributed by atoms with van der Waals surface area (Å²) in [6, 6.07) is 6.24. The SMILES string of the molecule is O=S(=O)(O/C(=C/[I+]c1ccc([I+]/C=C(\CCl)OS(=O)(=O)C(F)(F)F)cc1)CCl)C(F)(F)F. The lowest BCUT2D eigenvalue weighted by molar-refractivity contribution is -0.564. The molecule has 1 aromatic rings. The highest BCUT2D eigenvalue weighted by molar-refractivity contribution is 7.88. The van der Waals surface area contributed by atoms with E-state index in [1.54, 1.807) is 24.3 Å². The van der Waals surface area contributed by atoms with Crippen LogP contribution in [0.25, 0.3) is 0 Å². The van der Waals surface area contributed by atoms with E-state index in [1.807, 2.05) is 0 Å². The monoisotopic (exact) mass is 776 g/mol. The van der Waals surface area contributed by atoms with Crippen molar-refractivity contribution >= 4 is 43.4 Å². The molecular formula is C14H10Cl2F6I2O6S2+2. The third kappa shape index (κ3) is 9.22. The van der Waals surface area contributed by atoms with Crippen molar-refractivity contribution in [3.63, 3.8) is 0 Å². The summed E-state index contributed by atoms with van der Waals surface area (Å²) in [7, 11) is -11.7. The molecule has 0 aliphatic heterocycles. The minimum atomic E-state index is -5.83. The molecule has 182 valence electrons. The molecule has 0 aliphatic rings. The van der Waals surface area contributed by atoms with Crippen molar-refractivity contribution in [3.05, 3.63) is 51.1 Å². The average molecular weight is 777 g/mol. The molecule has 0 heterocycles. The molecule has 0 amide bonds. The number of benzene rings is 1. The lowest BCUT2D eigenvalue weighted by Crippen LogP contribution is -3.59. The normalized spacial score (nSPS) is 14.4. The number of allylic oxidation sites excluding steroid dienone is 2. The molecule has 0 radical (unpaired) electrons. The Hall–Kier alpha value is -0.180. The van der Waals surface area contributed by atoms with Crippen LogP contribution in [0.2, 0.25) is 0 Å². The molecule has 32 heavy (non-hydrogen) atoms. The molecule has 0 N–H and O–H groups in total. The van der Waals surface area contributed by atoms with Crippen LogP contribution >= 0.6 is 23.2 Å². The molecule has 1 rings (SSSR count). The third-order valence-corrected chi connectivity index (χ3v) is 10.1. The molecule has 0 atom stereocenters. The van der Waals surface area contributed by atoms with Gasteiger partial charge in [-0.05, 0) is 24.3 Å². The maximum absolute atomic E-state index is 12.4. The van der Waals surface area contributed by atoms with E-state index in [1.165, 1.54) is 0 Å². The Morgan fingerprint density at radius 1 is 0.750 bits per heavy atom. The fraction of sp³-hybridized carbons (Fsp3) is 0.286. The zero-order chi connectivity index (χ0) is 24.8. The second-order valence-electron chi connectivity index (χ2n) is 5.04. The summed E-state index contributed by atoms with van der Waals surface area (Å²) < 4.78 is 130. The standard InChI is InChI=1S/C14H10Cl2F6I2O6S2/c15-5-11(29-31(25,26)13(17,18)19)7-23-9-1-2-10(4-3-9)24-8-12(6-16)30-32(27,28)14(20,21)22/h1-4,7-8H,5-6H2/q+2/b11-7+,12-8+. The molecule has 0 bridgehead atoms. The number of halogens is 10. The first-order chi connectivity index (χ1) is 14.5. The molecule has 0 aliphatic carbocycles. The summed E-state index contributed by atoms with van der Waals surface area (Å²) in [4.78, 5) is 0. The van der Waals surface area contributed by atoms with Gasteiger partial charge >= 0.3 is 73.7 Å². The van der Waals surface area contributed by atoms with Crippen LogP contribution in [0.3, 0.4) is 0 Å². The first-order valence-corrected chi connectivity index (χ1v) is 15.9. The smallest absolute Gasteiger partial charge is 0.375 e. The summed E-state index contributed by atoms with van der Waals surface area (Å²) in [5, 5.41) is 0. The van der Waals surface area contributed by atoms with Crippen molar-refractivity contribution in [1.29, 1.82) is 0 Å². The van der Waals surface area contributed by atoms with Gasteiger partial charge in [-0.25, -0.2) is 0 Å². The Kier molecular flexibility index (Phi) is 11.2. The predicted octanol–water partition coefficient (Wildman–Crippen LogP) is -1.90. The molecule has 0 saturated heterocycles. The first kappa shape index (κ1) is 29.9. The van der Waals surface area contributed by atoms with Gasteiger partial charge in [-0.2, -0.15) is 43.2 Å². The molecule has 0 unspecified atom stereocenters. The molecular weight excluding hydrogens is 767 g/mol. The van der Waals surface area contributed by atoms with Gasteiger partial charge in [0.25, 0.3) is 0 Å². The maximum atomic E-state index is 12.4. The van der Waals surface area contributed by atoms with E-state index in [-0.39, 0.29) is 0 Å². The van der Waals surface area contributed by atoms with Gasteiger partial charge in [0.05, 0.1) is 11.8 Å². The highest BCUT2D eigenvalue weighted by Crippen LogP contribution is 2.27. The summed E-state index contributed by atoms with van der Waals surface area (Å²) in [5.74, 6) is -2.37. The quantitative estimate of drug-likeness (QED) is 0.0690. The van der Waals surface area contributed by atoms with Gasteiger partial charge in [0.2, 0.25) is 0 Å².